The summed E-state index contributed by atoms with van der Waals surface area (Å²) in [5.41, 5.74) is 0.608. The van der Waals surface area contributed by atoms with Crippen molar-refractivity contribution in [1.29, 1.82) is 0 Å². The van der Waals surface area contributed by atoms with Crippen molar-refractivity contribution >= 4 is 0 Å². The number of piperidine rings is 1. The molecule has 0 bridgehead atoms. The van der Waals surface area contributed by atoms with Gasteiger partial charge in [-0.25, -0.2) is 4.84 Å². The summed E-state index contributed by atoms with van der Waals surface area (Å²) in [5, 5.41) is 0. The molecule has 2 aliphatic rings. The fraction of sp³-hybridized carbons (Fsp3) is 1.00. The van der Waals surface area contributed by atoms with Crippen LogP contribution < -0.4 is 0 Å². The summed E-state index contributed by atoms with van der Waals surface area (Å²) in [5.74, 6) is 0. The van der Waals surface area contributed by atoms with Gasteiger partial charge in [0.05, 0.1) is 0 Å². The van der Waals surface area contributed by atoms with E-state index in [4.69, 9.17) is 4.84 Å². The molecular formula is C12H24NO+. The maximum Gasteiger partial charge on any atom is 0.124 e. The Balaban J connectivity index is 2.38. The summed E-state index contributed by atoms with van der Waals surface area (Å²) < 4.78 is 0.903. The van der Waals surface area contributed by atoms with E-state index in [0.29, 0.717) is 11.1 Å². The highest BCUT2D eigenvalue weighted by atomic mass is 16.7. The normalized spacial score (nSPS) is 33.4. The van der Waals surface area contributed by atoms with Gasteiger partial charge in [-0.3, -0.25) is 0 Å². The lowest BCUT2D eigenvalue weighted by Crippen LogP contribution is -2.71. The first-order chi connectivity index (χ1) is 6.41. The molecule has 2 aliphatic heterocycles. The first kappa shape index (κ1) is 10.4. The molecule has 0 aliphatic carbocycles. The zero-order valence-electron chi connectivity index (χ0n) is 10.1. The maximum atomic E-state index is 6.15. The van der Waals surface area contributed by atoms with Gasteiger partial charge in [-0.05, 0) is 34.1 Å². The molecule has 2 nitrogen and oxygen atoms in total. The fourth-order valence-electron chi connectivity index (χ4n) is 3.66. The van der Waals surface area contributed by atoms with Gasteiger partial charge in [0.2, 0.25) is 0 Å². The zero-order valence-corrected chi connectivity index (χ0v) is 10.1. The Morgan fingerprint density at radius 3 is 1.93 bits per heavy atom. The van der Waals surface area contributed by atoms with Gasteiger partial charge < -0.3 is 0 Å². The second-order valence-corrected chi connectivity index (χ2v) is 6.13. The Kier molecular flexibility index (Phi) is 2.20. The van der Waals surface area contributed by atoms with Crippen molar-refractivity contribution in [3.8, 4) is 0 Å². The van der Waals surface area contributed by atoms with E-state index in [1.807, 2.05) is 0 Å². The van der Waals surface area contributed by atoms with Crippen LogP contribution in [-0.2, 0) is 4.84 Å². The predicted molar refractivity (Wildman–Crippen MR) is 57.7 cm³/mol. The van der Waals surface area contributed by atoms with Crippen LogP contribution in [0.5, 0.6) is 0 Å². The van der Waals surface area contributed by atoms with Crippen LogP contribution in [0.25, 0.3) is 0 Å². The molecule has 2 saturated heterocycles. The average molecular weight is 198 g/mol. The third-order valence-corrected chi connectivity index (χ3v) is 4.46. The van der Waals surface area contributed by atoms with Crippen LogP contribution in [0, 0.1) is 0 Å². The van der Waals surface area contributed by atoms with Crippen LogP contribution in [0.1, 0.15) is 53.4 Å². The van der Waals surface area contributed by atoms with E-state index in [2.05, 4.69) is 27.7 Å². The molecule has 2 rings (SSSR count). The number of hydroxylamine groups is 3. The number of quaternary nitrogens is 1. The predicted octanol–water partition coefficient (Wildman–Crippen LogP) is 2.88. The van der Waals surface area contributed by atoms with E-state index < -0.39 is 0 Å². The molecule has 0 radical (unpaired) electrons. The van der Waals surface area contributed by atoms with Crippen LogP contribution in [-0.4, -0.2) is 28.9 Å². The highest BCUT2D eigenvalue weighted by Gasteiger charge is 2.60. The third-order valence-electron chi connectivity index (χ3n) is 4.46. The molecule has 82 valence electrons. The van der Waals surface area contributed by atoms with Crippen molar-refractivity contribution in [3.63, 3.8) is 0 Å². The minimum Gasteiger partial charge on any atom is -0.202 e. The van der Waals surface area contributed by atoms with Gasteiger partial charge >= 0.3 is 0 Å². The molecule has 0 unspecified atom stereocenters. The standard InChI is InChI=1S/C12H24NO/c1-11(2)7-5-8-12(3,4)13(11)9-6-10-14-13/h5-10H2,1-4H3/q+1. The SMILES string of the molecule is CC1(C)CCCC(C)(C)[N+]12CCCO2. The molecule has 0 atom stereocenters. The molecule has 2 heterocycles. The van der Waals surface area contributed by atoms with E-state index >= 15 is 0 Å². The molecule has 0 saturated carbocycles. The van der Waals surface area contributed by atoms with Crippen LogP contribution in [0.3, 0.4) is 0 Å². The Bertz CT molecular complexity index is 208. The Morgan fingerprint density at radius 1 is 0.929 bits per heavy atom. The molecule has 14 heavy (non-hydrogen) atoms. The Hall–Kier alpha value is -0.0800. The molecule has 0 aromatic heterocycles. The van der Waals surface area contributed by atoms with Crippen molar-refractivity contribution < 1.29 is 9.48 Å². The quantitative estimate of drug-likeness (QED) is 0.544. The molecule has 0 aromatic rings. The second-order valence-electron chi connectivity index (χ2n) is 6.13. The lowest BCUT2D eigenvalue weighted by molar-refractivity contribution is -1.16. The fourth-order valence-corrected chi connectivity index (χ4v) is 3.66. The molecule has 0 amide bonds. The largest absolute Gasteiger partial charge is 0.202 e. The van der Waals surface area contributed by atoms with E-state index in [1.165, 1.54) is 32.2 Å². The van der Waals surface area contributed by atoms with Gasteiger partial charge in [0.15, 0.2) is 0 Å². The van der Waals surface area contributed by atoms with Crippen molar-refractivity contribution in [3.05, 3.63) is 0 Å². The van der Waals surface area contributed by atoms with Crippen molar-refractivity contribution in [2.75, 3.05) is 13.2 Å². The minimum absolute atomic E-state index is 0.304. The molecule has 2 heteroatoms. The summed E-state index contributed by atoms with van der Waals surface area (Å²) in [6, 6.07) is 0. The lowest BCUT2D eigenvalue weighted by atomic mass is 9.79. The summed E-state index contributed by atoms with van der Waals surface area (Å²) in [4.78, 5) is 6.15. The minimum atomic E-state index is 0.304. The van der Waals surface area contributed by atoms with E-state index in [-0.39, 0.29) is 0 Å². The number of nitrogens with zero attached hydrogens (tertiary/aromatic N) is 1. The maximum absolute atomic E-state index is 6.15. The second kappa shape index (κ2) is 2.96. The first-order valence-electron chi connectivity index (χ1n) is 5.94. The topological polar surface area (TPSA) is 9.23 Å². The number of hydrogen-bond acceptors (Lipinski definition) is 1. The van der Waals surface area contributed by atoms with Gasteiger partial charge in [-0.1, -0.05) is 0 Å². The van der Waals surface area contributed by atoms with Crippen molar-refractivity contribution in [2.45, 2.75) is 64.5 Å². The smallest absolute Gasteiger partial charge is 0.124 e. The van der Waals surface area contributed by atoms with E-state index in [0.717, 1.165) is 11.3 Å². The number of rotatable bonds is 0. The number of hydrogen-bond donors (Lipinski definition) is 0. The monoisotopic (exact) mass is 198 g/mol. The van der Waals surface area contributed by atoms with Gasteiger partial charge in [-0.15, -0.1) is 0 Å². The van der Waals surface area contributed by atoms with Gasteiger partial charge in [0, 0.05) is 19.3 Å². The van der Waals surface area contributed by atoms with Crippen LogP contribution in [0.4, 0.5) is 0 Å². The first-order valence-corrected chi connectivity index (χ1v) is 5.94. The molecular weight excluding hydrogens is 174 g/mol. The Morgan fingerprint density at radius 2 is 1.50 bits per heavy atom. The van der Waals surface area contributed by atoms with Gasteiger partial charge in [-0.2, -0.15) is 4.65 Å². The highest BCUT2D eigenvalue weighted by Crippen LogP contribution is 2.48. The van der Waals surface area contributed by atoms with Crippen molar-refractivity contribution in [2.24, 2.45) is 0 Å². The third kappa shape index (κ3) is 1.17. The average Bonchev–Trinajstić information content (AvgIpc) is 2.50. The molecule has 1 spiro atoms. The molecule has 0 aromatic carbocycles. The summed E-state index contributed by atoms with van der Waals surface area (Å²) in [6.07, 6.45) is 5.18. The lowest BCUT2D eigenvalue weighted by Gasteiger charge is -2.56. The molecule has 2 fully saturated rings. The Labute approximate surface area is 87.8 Å². The summed E-state index contributed by atoms with van der Waals surface area (Å²) in [7, 11) is 0. The zero-order chi connectivity index (χ0) is 10.4. The summed E-state index contributed by atoms with van der Waals surface area (Å²) in [6.45, 7) is 11.7. The van der Waals surface area contributed by atoms with Crippen LogP contribution in [0.15, 0.2) is 0 Å². The van der Waals surface area contributed by atoms with E-state index in [9.17, 15) is 0 Å². The van der Waals surface area contributed by atoms with Gasteiger partial charge in [0.1, 0.15) is 24.2 Å². The van der Waals surface area contributed by atoms with Crippen molar-refractivity contribution in [1.82, 2.24) is 0 Å². The van der Waals surface area contributed by atoms with Gasteiger partial charge in [0.25, 0.3) is 0 Å². The van der Waals surface area contributed by atoms with E-state index in [1.54, 1.807) is 0 Å². The van der Waals surface area contributed by atoms with Crippen LogP contribution >= 0.6 is 0 Å². The highest BCUT2D eigenvalue weighted by molar-refractivity contribution is 4.85. The van der Waals surface area contributed by atoms with Crippen LogP contribution in [0.2, 0.25) is 0 Å². The summed E-state index contributed by atoms with van der Waals surface area (Å²) >= 11 is 0. The molecule has 0 N–H and O–H groups in total.